The number of ether oxygens (including phenoxy) is 1. The van der Waals surface area contributed by atoms with Gasteiger partial charge in [-0.25, -0.2) is 9.59 Å². The molecule has 0 spiro atoms. The van der Waals surface area contributed by atoms with Crippen molar-refractivity contribution >= 4 is 17.9 Å². The van der Waals surface area contributed by atoms with Crippen molar-refractivity contribution < 1.29 is 28.6 Å². The summed E-state index contributed by atoms with van der Waals surface area (Å²) in [5.74, 6) is 0.304. The van der Waals surface area contributed by atoms with Crippen molar-refractivity contribution in [1.82, 2.24) is 20.4 Å². The first-order chi connectivity index (χ1) is 21.3. The highest BCUT2D eigenvalue weighted by atomic mass is 16.5. The van der Waals surface area contributed by atoms with Crippen LogP contribution in [0.2, 0.25) is 0 Å². The molecule has 0 unspecified atom stereocenters. The Balaban J connectivity index is 1.11. The molecule has 1 aliphatic heterocycles. The van der Waals surface area contributed by atoms with Crippen LogP contribution in [0.1, 0.15) is 83.6 Å². The predicted molar refractivity (Wildman–Crippen MR) is 166 cm³/mol. The Labute approximate surface area is 265 Å². The van der Waals surface area contributed by atoms with Crippen molar-refractivity contribution in [3.05, 3.63) is 34.4 Å². The molecule has 9 atom stereocenters. The summed E-state index contributed by atoms with van der Waals surface area (Å²) in [6.45, 7) is 8.85. The van der Waals surface area contributed by atoms with Crippen molar-refractivity contribution in [1.29, 1.82) is 0 Å². The summed E-state index contributed by atoms with van der Waals surface area (Å²) in [4.78, 5) is 52.8. The van der Waals surface area contributed by atoms with Gasteiger partial charge in [0.1, 0.15) is 6.10 Å². The van der Waals surface area contributed by atoms with E-state index in [1.54, 1.807) is 6.07 Å². The minimum absolute atomic E-state index is 0.0466. The molecule has 0 bridgehead atoms. The van der Waals surface area contributed by atoms with Gasteiger partial charge in [0.2, 0.25) is 5.91 Å². The Bertz CT molecular complexity index is 1350. The number of likely N-dealkylation sites (N-methyl/N-ethyl adjacent to an activating group) is 1. The summed E-state index contributed by atoms with van der Waals surface area (Å²) in [6.07, 6.45) is 7.76. The molecule has 1 saturated heterocycles. The maximum atomic E-state index is 12.8. The number of carbonyl (C=O) groups is 3. The molecule has 3 N–H and O–H groups in total. The molecular formula is C34H50N4O7. The van der Waals surface area contributed by atoms with Crippen molar-refractivity contribution in [2.24, 2.45) is 28.6 Å². The molecule has 6 rings (SSSR count). The normalized spacial score (nSPS) is 39.8. The molecule has 11 heteroatoms. The number of hydrogen-bond donors (Lipinski definition) is 3. The molecule has 248 valence electrons. The van der Waals surface area contributed by atoms with Gasteiger partial charge in [0.25, 0.3) is 0 Å². The molecule has 3 amide bonds. The number of fused-ring (bicyclic) bond motifs is 5. The number of nitrogens with zero attached hydrogens (tertiary/aromatic N) is 2. The number of nitrogens with one attached hydrogen (secondary N) is 2. The highest BCUT2D eigenvalue weighted by molar-refractivity contribution is 5.79. The third kappa shape index (κ3) is 5.68. The molecule has 1 aromatic heterocycles. The van der Waals surface area contributed by atoms with Crippen LogP contribution in [0.25, 0.3) is 0 Å². The molecule has 4 aliphatic carbocycles. The van der Waals surface area contributed by atoms with Crippen LogP contribution in [0.3, 0.4) is 0 Å². The van der Waals surface area contributed by atoms with E-state index in [9.17, 15) is 24.3 Å². The van der Waals surface area contributed by atoms with Crippen LogP contribution in [-0.4, -0.2) is 90.3 Å². The minimum Gasteiger partial charge on any atom is -0.462 e. The average Bonchev–Trinajstić information content (AvgIpc) is 3.20. The van der Waals surface area contributed by atoms with Crippen LogP contribution < -0.4 is 16.3 Å². The van der Waals surface area contributed by atoms with E-state index >= 15 is 0 Å². The molecule has 45 heavy (non-hydrogen) atoms. The van der Waals surface area contributed by atoms with E-state index in [1.807, 2.05) is 16.8 Å². The molecular weight excluding hydrogens is 576 g/mol. The van der Waals surface area contributed by atoms with Gasteiger partial charge < -0.3 is 29.8 Å². The summed E-state index contributed by atoms with van der Waals surface area (Å²) in [6, 6.07) is 3.08. The van der Waals surface area contributed by atoms with Gasteiger partial charge in [-0.05, 0) is 86.8 Å². The molecule has 5 fully saturated rings. The lowest BCUT2D eigenvalue weighted by molar-refractivity contribution is -0.202. The Hall–Kier alpha value is -2.92. The number of carbonyl (C=O) groups excluding carboxylic acids is 3. The van der Waals surface area contributed by atoms with Crippen molar-refractivity contribution in [2.75, 3.05) is 39.8 Å². The number of aliphatic hydroxyl groups is 1. The quantitative estimate of drug-likeness (QED) is 0.410. The van der Waals surface area contributed by atoms with Crippen molar-refractivity contribution in [3.63, 3.8) is 0 Å². The van der Waals surface area contributed by atoms with E-state index in [4.69, 9.17) is 9.15 Å². The Morgan fingerprint density at radius 2 is 1.89 bits per heavy atom. The van der Waals surface area contributed by atoms with Gasteiger partial charge in [-0.3, -0.25) is 14.5 Å². The lowest BCUT2D eigenvalue weighted by Gasteiger charge is -2.63. The maximum absolute atomic E-state index is 12.8. The van der Waals surface area contributed by atoms with Gasteiger partial charge in [0.05, 0.1) is 18.4 Å². The molecule has 4 saturated carbocycles. The van der Waals surface area contributed by atoms with E-state index in [0.717, 1.165) is 57.1 Å². The Kier molecular flexibility index (Phi) is 8.56. The molecule has 0 radical (unpaired) electrons. The van der Waals surface area contributed by atoms with E-state index in [2.05, 4.69) is 24.5 Å². The van der Waals surface area contributed by atoms with Crippen LogP contribution in [-0.2, 0) is 14.3 Å². The van der Waals surface area contributed by atoms with Gasteiger partial charge in [0.15, 0.2) is 0 Å². The van der Waals surface area contributed by atoms with Crippen LogP contribution in [0.15, 0.2) is 27.6 Å². The highest BCUT2D eigenvalue weighted by Crippen LogP contribution is 2.70. The van der Waals surface area contributed by atoms with Gasteiger partial charge >= 0.3 is 17.6 Å². The van der Waals surface area contributed by atoms with Gasteiger partial charge in [0, 0.05) is 63.0 Å². The fourth-order valence-electron chi connectivity index (χ4n) is 10.4. The summed E-state index contributed by atoms with van der Waals surface area (Å²) >= 11 is 0. The summed E-state index contributed by atoms with van der Waals surface area (Å²) in [5.41, 5.74) is -1.16. The lowest BCUT2D eigenvalue weighted by Crippen LogP contribution is -2.62. The first-order valence-corrected chi connectivity index (χ1v) is 16.8. The third-order valence-electron chi connectivity index (χ3n) is 12.8. The number of amides is 3. The molecule has 2 heterocycles. The molecule has 11 nitrogen and oxygen atoms in total. The predicted octanol–water partition coefficient (Wildman–Crippen LogP) is 2.86. The Morgan fingerprint density at radius 3 is 2.60 bits per heavy atom. The third-order valence-corrected chi connectivity index (χ3v) is 12.8. The second-order valence-electron chi connectivity index (χ2n) is 15.1. The minimum atomic E-state index is -1.02. The number of urea groups is 1. The van der Waals surface area contributed by atoms with Crippen LogP contribution in [0, 0.1) is 28.6 Å². The zero-order valence-electron chi connectivity index (χ0n) is 27.2. The lowest BCUT2D eigenvalue weighted by atomic mass is 9.43. The zero-order chi connectivity index (χ0) is 32.1. The number of rotatable bonds is 6. The largest absolute Gasteiger partial charge is 0.462 e. The molecule has 1 aromatic rings. The van der Waals surface area contributed by atoms with Crippen LogP contribution in [0.5, 0.6) is 0 Å². The van der Waals surface area contributed by atoms with Crippen LogP contribution >= 0.6 is 0 Å². The summed E-state index contributed by atoms with van der Waals surface area (Å²) in [5, 5.41) is 18.9. The standard InChI is InChI=1S/C34H50N4O7/c1-21(39)45-27-18-34(43)26-7-6-23-17-24(36-31(42)35-13-14-38-16-15-37(4)19-28(38)40)9-11-32(23,2)25(26)10-12-33(34,3)30(27)22-5-8-29(41)44-20-22/h5,8,20,23-27,30,43H,6-7,9-19H2,1-4H3,(H2,35,36,42)/t23-,24+,25+,26-,27+,30+,32+,33-,34+/m1/s1. The smallest absolute Gasteiger partial charge is 0.335 e. The second-order valence-corrected chi connectivity index (χ2v) is 15.1. The monoisotopic (exact) mass is 626 g/mol. The zero-order valence-corrected chi connectivity index (χ0v) is 27.2. The summed E-state index contributed by atoms with van der Waals surface area (Å²) in [7, 11) is 1.94. The maximum Gasteiger partial charge on any atom is 0.335 e. The first kappa shape index (κ1) is 32.0. The van der Waals surface area contributed by atoms with Gasteiger partial charge in [-0.15, -0.1) is 0 Å². The molecule has 0 aromatic carbocycles. The Morgan fingerprint density at radius 1 is 1.09 bits per heavy atom. The van der Waals surface area contributed by atoms with Crippen molar-refractivity contribution in [2.45, 2.75) is 95.8 Å². The van der Waals surface area contributed by atoms with Crippen LogP contribution in [0.4, 0.5) is 4.79 Å². The van der Waals surface area contributed by atoms with E-state index in [0.29, 0.717) is 44.4 Å². The van der Waals surface area contributed by atoms with E-state index in [-0.39, 0.29) is 41.2 Å². The SMILES string of the molecule is CC(=O)O[C@H]1C[C@]2(O)[C@@H]3CC[C@@H]4C[C@@H](NC(=O)NCCN5CCN(C)CC5=O)CC[C@]4(C)[C@H]3CC[C@]2(C)[C@H]1c1ccc(=O)oc1. The first-order valence-electron chi connectivity index (χ1n) is 16.8. The topological polar surface area (TPSA) is 141 Å². The number of esters is 1. The fourth-order valence-corrected chi connectivity index (χ4v) is 10.4. The van der Waals surface area contributed by atoms with Crippen molar-refractivity contribution in [3.8, 4) is 0 Å². The van der Waals surface area contributed by atoms with E-state index < -0.39 is 22.7 Å². The van der Waals surface area contributed by atoms with E-state index in [1.165, 1.54) is 19.3 Å². The average molecular weight is 627 g/mol. The molecule has 5 aliphatic rings. The fraction of sp³-hybridized carbons (Fsp3) is 0.765. The summed E-state index contributed by atoms with van der Waals surface area (Å²) < 4.78 is 11.1. The number of piperazine rings is 1. The van der Waals surface area contributed by atoms with Gasteiger partial charge in [-0.2, -0.15) is 0 Å². The second kappa shape index (κ2) is 12.0. The number of hydrogen-bond acceptors (Lipinski definition) is 8. The highest BCUT2D eigenvalue weighted by Gasteiger charge is 2.70. The van der Waals surface area contributed by atoms with Gasteiger partial charge in [-0.1, -0.05) is 13.8 Å².